The molecule has 6 saturated carbocycles. The Balaban J connectivity index is 0.000000209. The van der Waals surface area contributed by atoms with Gasteiger partial charge < -0.3 is 85.3 Å². The molecule has 2 saturated heterocycles. The Hall–Kier alpha value is -3.32. The Bertz CT molecular complexity index is 3430. The van der Waals surface area contributed by atoms with Crippen molar-refractivity contribution < 1.29 is 85.3 Å². The van der Waals surface area contributed by atoms with E-state index in [1.54, 1.807) is 49.8 Å². The summed E-state index contributed by atoms with van der Waals surface area (Å²) in [6.07, 6.45) is 74.8. The molecule has 18 nitrogen and oxygen atoms in total. The van der Waals surface area contributed by atoms with Gasteiger partial charge in [0.05, 0.1) is 77.3 Å². The highest BCUT2D eigenvalue weighted by Crippen LogP contribution is 2.47. The predicted octanol–water partition coefficient (Wildman–Crippen LogP) is 29.3. The van der Waals surface area contributed by atoms with Crippen molar-refractivity contribution >= 4 is 0 Å². The van der Waals surface area contributed by atoms with Crippen LogP contribution in [-0.2, 0) is 111 Å². The van der Waals surface area contributed by atoms with Crippen LogP contribution in [0, 0.1) is 47.3 Å². The van der Waals surface area contributed by atoms with Crippen LogP contribution in [0.4, 0.5) is 0 Å². The van der Waals surface area contributed by atoms with Crippen molar-refractivity contribution in [2.75, 3.05) is 96.5 Å². The molecule has 0 amide bonds. The summed E-state index contributed by atoms with van der Waals surface area (Å²) in [6.45, 7) is 32.7. The molecule has 18 heteroatoms. The second-order valence-electron chi connectivity index (χ2n) is 40.5. The molecule has 134 heavy (non-hydrogen) atoms. The summed E-state index contributed by atoms with van der Waals surface area (Å²) in [7, 11) is 14.1. The third-order valence-corrected chi connectivity index (χ3v) is 32.2. The fourth-order valence-corrected chi connectivity index (χ4v) is 22.5. The van der Waals surface area contributed by atoms with Crippen molar-refractivity contribution in [1.29, 1.82) is 0 Å². The topological polar surface area (TPSA) is 166 Å². The van der Waals surface area contributed by atoms with Crippen molar-refractivity contribution in [3.63, 3.8) is 0 Å². The Kier molecular flexibility index (Phi) is 56.5. The van der Waals surface area contributed by atoms with E-state index in [0.717, 1.165) is 191 Å². The number of ether oxygens (including phenoxy) is 18. The highest BCUT2D eigenvalue weighted by Gasteiger charge is 2.48. The normalized spacial score (nSPS) is 33.2. The van der Waals surface area contributed by atoms with E-state index in [9.17, 15) is 0 Å². The van der Waals surface area contributed by atoms with Crippen LogP contribution in [0.1, 0.15) is 401 Å². The van der Waals surface area contributed by atoms with Crippen LogP contribution in [0.5, 0.6) is 0 Å². The van der Waals surface area contributed by atoms with Gasteiger partial charge in [-0.25, -0.2) is 0 Å². The summed E-state index contributed by atoms with van der Waals surface area (Å²) in [6, 6.07) is 17.3. The number of benzene rings is 2. The maximum absolute atomic E-state index is 6.33. The van der Waals surface area contributed by atoms with Gasteiger partial charge in [-0.3, -0.25) is 0 Å². The van der Waals surface area contributed by atoms with E-state index in [1.165, 1.54) is 189 Å². The van der Waals surface area contributed by atoms with Gasteiger partial charge in [-0.15, -0.1) is 0 Å². The molecule has 16 atom stereocenters. The van der Waals surface area contributed by atoms with Gasteiger partial charge in [-0.1, -0.05) is 220 Å². The lowest BCUT2D eigenvalue weighted by Gasteiger charge is -2.36. The first kappa shape index (κ1) is 118. The molecule has 2 aromatic rings. The van der Waals surface area contributed by atoms with Crippen LogP contribution in [0.3, 0.4) is 0 Å². The van der Waals surface area contributed by atoms with E-state index in [0.29, 0.717) is 62.3 Å². The average molecular weight is 1880 g/mol. The standard InChI is InChI=1S/C17H32O2.C17H26O2.C15H28O3.C15H26O2.C15H20O2.C13H22O3.C13H26O2.C11H20O2/c2*1-4-14-8-10-15(11-9-14)13-19-17(18-3)12-6-7-16(17)5-2;1-4-12-7-6-10-15(12,16-3)17-11-14-9-8-13(5-2)18-14;2*1-3-13-6-8-14(9-7-13)12-17-15(16-2)10-4-5-11-15;1-3-11-6-7-12(16-11)10-15-13(14-2)8-4-5-9-13;1-4-6-7-11-15-13(14-3)10-8-9-12(13)5-2;1-3-4-7-10-13-11(12-2)8-5-6-9-11/h14-16H,4-13H2,1-3H3;8-11,16H,4-7,12-13H2,1-3H3;12-14H,4-11H2,1-3H3;4,10,13-14H,3,5-9,11-12H2,1-2H3;4,6-10H,3,5,11-12H2,1-2H3;4,8,11-12H,3,5-7,9-10H2,1-2H3;12H,4-11H2,1-3H3;5,8H,3-4,6-7,9-10H2,1-2H3. The SMILES string of the molecule is CCC1CCC(COC2(OC)C=CCC2)CC1.CCC1CCC(COC2(OC)C=CCC2)O1.CCC1CCC(COC2(OC)CCCC2CC)CC1.CCC1CCC(COC2(OC)CCCC2CC)O1.CCCCCOC1(OC)C=CCC1.CCCCCOC1(OC)CCCC1CC.CCc1ccc(COC2(OC)C=CCC2)cc1.CCc1ccc(COC2(OC)CCCC2CC)cc1. The highest BCUT2D eigenvalue weighted by molar-refractivity contribution is 5.23. The van der Waals surface area contributed by atoms with Crippen LogP contribution < -0.4 is 0 Å². The van der Waals surface area contributed by atoms with Crippen LogP contribution in [0.25, 0.3) is 0 Å². The second kappa shape index (κ2) is 64.3. The van der Waals surface area contributed by atoms with Crippen molar-refractivity contribution in [1.82, 2.24) is 0 Å². The first-order chi connectivity index (χ1) is 65.2. The minimum atomic E-state index is -0.497. The first-order valence-electron chi connectivity index (χ1n) is 54.9. The molecule has 0 radical (unpaired) electrons. The largest absolute Gasteiger partial charge is 0.373 e. The fraction of sp³-hybridized carbons (Fsp3) is 0.828. The number of hydrogen-bond donors (Lipinski definition) is 0. The Morgan fingerprint density at radius 3 is 0.858 bits per heavy atom. The summed E-state index contributed by atoms with van der Waals surface area (Å²) in [5.41, 5.74) is 5.16. The highest BCUT2D eigenvalue weighted by atomic mass is 16.7. The number of hydrogen-bond acceptors (Lipinski definition) is 18. The van der Waals surface area contributed by atoms with Gasteiger partial charge in [0.25, 0.3) is 0 Å². The zero-order valence-corrected chi connectivity index (χ0v) is 89.1. The van der Waals surface area contributed by atoms with Crippen LogP contribution in [0.2, 0.25) is 0 Å². The fourth-order valence-electron chi connectivity index (χ4n) is 22.5. The molecule has 8 fully saturated rings. The monoisotopic (exact) mass is 1880 g/mol. The third-order valence-electron chi connectivity index (χ3n) is 32.2. The van der Waals surface area contributed by atoms with Crippen LogP contribution >= 0.6 is 0 Å². The van der Waals surface area contributed by atoms with Crippen molar-refractivity contribution in [2.24, 2.45) is 47.3 Å². The number of unbranched alkanes of at least 4 members (excludes halogenated alkanes) is 4. The molecule has 2 heterocycles. The van der Waals surface area contributed by atoms with Crippen molar-refractivity contribution in [3.05, 3.63) is 119 Å². The zero-order valence-electron chi connectivity index (χ0n) is 89.1. The van der Waals surface area contributed by atoms with E-state index < -0.39 is 23.1 Å². The van der Waals surface area contributed by atoms with Crippen molar-refractivity contribution in [3.8, 4) is 0 Å². The summed E-state index contributed by atoms with van der Waals surface area (Å²) < 4.78 is 105. The average Bonchev–Trinajstić information content (AvgIpc) is 1.67. The molecular weight excluding hydrogens is 1680 g/mol. The Labute approximate surface area is 819 Å². The molecule has 0 spiro atoms. The Morgan fingerprint density at radius 1 is 0.254 bits per heavy atom. The minimum absolute atomic E-state index is 0.248. The second-order valence-corrected chi connectivity index (χ2v) is 40.5. The summed E-state index contributed by atoms with van der Waals surface area (Å²) in [5, 5.41) is 0. The van der Waals surface area contributed by atoms with Gasteiger partial charge in [0.2, 0.25) is 0 Å². The first-order valence-corrected chi connectivity index (χ1v) is 54.9. The molecule has 12 aliphatic rings. The summed E-state index contributed by atoms with van der Waals surface area (Å²) in [5.74, 6) is 2.79. The molecule has 2 aliphatic heterocycles. The maximum atomic E-state index is 6.33. The molecule has 10 aliphatic carbocycles. The number of allylic oxidation sites excluding steroid dienone is 4. The van der Waals surface area contributed by atoms with Crippen molar-refractivity contribution in [2.45, 2.75) is 475 Å². The molecule has 0 aromatic heterocycles. The minimum Gasteiger partial charge on any atom is -0.373 e. The Morgan fingerprint density at radius 2 is 0.545 bits per heavy atom. The third kappa shape index (κ3) is 37.4. The van der Waals surface area contributed by atoms with Gasteiger partial charge in [0, 0.05) is 132 Å². The summed E-state index contributed by atoms with van der Waals surface area (Å²) >= 11 is 0. The predicted molar refractivity (Wildman–Crippen MR) is 546 cm³/mol. The molecule has 0 bridgehead atoms. The molecular formula is C116H200O18. The van der Waals surface area contributed by atoms with Gasteiger partial charge in [0.1, 0.15) is 0 Å². The molecule has 2 aromatic carbocycles. The summed E-state index contributed by atoms with van der Waals surface area (Å²) in [4.78, 5) is 0. The van der Waals surface area contributed by atoms with Gasteiger partial charge in [0.15, 0.2) is 46.3 Å². The quantitative estimate of drug-likeness (QED) is 0.0349. The van der Waals surface area contributed by atoms with Crippen LogP contribution in [-0.4, -0.2) is 167 Å². The van der Waals surface area contributed by atoms with E-state index in [-0.39, 0.29) is 35.4 Å². The van der Waals surface area contributed by atoms with E-state index in [1.807, 2.05) is 25.3 Å². The van der Waals surface area contributed by atoms with Crippen LogP contribution in [0.15, 0.2) is 97.1 Å². The maximum Gasteiger partial charge on any atom is 0.188 e. The van der Waals surface area contributed by atoms with Gasteiger partial charge in [-0.2, -0.15) is 0 Å². The lowest BCUT2D eigenvalue weighted by molar-refractivity contribution is -0.253. The molecule has 772 valence electrons. The number of methoxy groups -OCH3 is 8. The molecule has 0 N–H and O–H groups in total. The van der Waals surface area contributed by atoms with E-state index in [2.05, 4.69) is 162 Å². The van der Waals surface area contributed by atoms with Gasteiger partial charge >= 0.3 is 0 Å². The lowest BCUT2D eigenvalue weighted by atomic mass is 9.81. The smallest absolute Gasteiger partial charge is 0.188 e. The molecule has 16 unspecified atom stereocenters. The zero-order chi connectivity index (χ0) is 96.9. The lowest BCUT2D eigenvalue weighted by Crippen LogP contribution is -2.40. The van der Waals surface area contributed by atoms with E-state index >= 15 is 0 Å². The number of rotatable bonds is 46. The van der Waals surface area contributed by atoms with Gasteiger partial charge in [-0.05, 0) is 263 Å². The van der Waals surface area contributed by atoms with E-state index in [4.69, 9.17) is 85.3 Å². The number of aryl methyl sites for hydroxylation is 2. The molecule has 14 rings (SSSR count).